The molecule has 0 bridgehead atoms. The lowest BCUT2D eigenvalue weighted by Crippen LogP contribution is -1.95. The van der Waals surface area contributed by atoms with Crippen LogP contribution in [-0.4, -0.2) is 10.1 Å². The predicted molar refractivity (Wildman–Crippen MR) is 81.1 cm³/mol. The molecule has 106 valence electrons. The fraction of sp³-hybridized carbons (Fsp3) is 0.0667. The summed E-state index contributed by atoms with van der Waals surface area (Å²) in [5, 5.41) is 3.91. The lowest BCUT2D eigenvalue weighted by atomic mass is 10.1. The Morgan fingerprint density at radius 2 is 2.00 bits per heavy atom. The zero-order valence-corrected chi connectivity index (χ0v) is 12.5. The highest BCUT2D eigenvalue weighted by Gasteiger charge is 2.14. The van der Waals surface area contributed by atoms with Crippen molar-refractivity contribution in [2.45, 2.75) is 6.42 Å². The lowest BCUT2D eigenvalue weighted by Gasteiger charge is -2.00. The van der Waals surface area contributed by atoms with E-state index in [0.717, 1.165) is 10.0 Å². The van der Waals surface area contributed by atoms with Crippen LogP contribution in [0.3, 0.4) is 0 Å². The first kappa shape index (κ1) is 13.8. The molecule has 0 aliphatic rings. The number of aromatic nitrogens is 2. The molecule has 3 aromatic rings. The molecule has 21 heavy (non-hydrogen) atoms. The second kappa shape index (κ2) is 5.65. The third-order valence-corrected chi connectivity index (χ3v) is 3.50. The van der Waals surface area contributed by atoms with Crippen LogP contribution in [0.1, 0.15) is 11.4 Å². The van der Waals surface area contributed by atoms with Crippen molar-refractivity contribution in [1.82, 2.24) is 10.1 Å². The number of halogens is 2. The highest BCUT2D eigenvalue weighted by Crippen LogP contribution is 2.26. The van der Waals surface area contributed by atoms with Crippen LogP contribution < -0.4 is 5.73 Å². The van der Waals surface area contributed by atoms with E-state index in [1.165, 1.54) is 6.07 Å². The van der Waals surface area contributed by atoms with E-state index < -0.39 is 5.82 Å². The molecule has 0 saturated carbocycles. The Labute approximate surface area is 128 Å². The van der Waals surface area contributed by atoms with Gasteiger partial charge >= 0.3 is 0 Å². The fourth-order valence-electron chi connectivity index (χ4n) is 1.99. The number of benzene rings is 2. The Kier molecular flexibility index (Phi) is 3.70. The third kappa shape index (κ3) is 2.95. The third-order valence-electron chi connectivity index (χ3n) is 3.00. The topological polar surface area (TPSA) is 64.9 Å². The number of nitrogens with zero attached hydrogens (tertiary/aromatic N) is 2. The minimum atomic E-state index is -0.501. The molecular weight excluding hydrogens is 337 g/mol. The number of rotatable bonds is 3. The molecule has 1 heterocycles. The van der Waals surface area contributed by atoms with E-state index in [1.807, 2.05) is 24.3 Å². The fourth-order valence-corrected chi connectivity index (χ4v) is 2.43. The minimum Gasteiger partial charge on any atom is -0.396 e. The van der Waals surface area contributed by atoms with E-state index in [0.29, 0.717) is 17.8 Å². The molecule has 2 N–H and O–H groups in total. The predicted octanol–water partition coefficient (Wildman–Crippen LogP) is 3.81. The van der Waals surface area contributed by atoms with Gasteiger partial charge in [-0.3, -0.25) is 0 Å². The summed E-state index contributed by atoms with van der Waals surface area (Å²) in [5.74, 6) is 0.239. The number of anilines is 1. The molecule has 6 heteroatoms. The van der Waals surface area contributed by atoms with E-state index in [2.05, 4.69) is 26.1 Å². The Hall–Kier alpha value is -2.21. The molecular formula is C15H11BrFN3O. The second-order valence-electron chi connectivity index (χ2n) is 4.52. The normalized spacial score (nSPS) is 10.8. The molecule has 0 saturated heterocycles. The van der Waals surface area contributed by atoms with Crippen LogP contribution in [0.15, 0.2) is 51.5 Å². The van der Waals surface area contributed by atoms with Gasteiger partial charge in [-0.2, -0.15) is 4.98 Å². The van der Waals surface area contributed by atoms with E-state index in [-0.39, 0.29) is 11.6 Å². The Morgan fingerprint density at radius 1 is 1.19 bits per heavy atom. The average molecular weight is 348 g/mol. The first-order valence-corrected chi connectivity index (χ1v) is 7.04. The van der Waals surface area contributed by atoms with Crippen LogP contribution in [0, 0.1) is 5.82 Å². The van der Waals surface area contributed by atoms with Crippen molar-refractivity contribution in [2.75, 3.05) is 5.73 Å². The van der Waals surface area contributed by atoms with Crippen LogP contribution >= 0.6 is 15.9 Å². The summed E-state index contributed by atoms with van der Waals surface area (Å²) in [6.45, 7) is 0. The van der Waals surface area contributed by atoms with E-state index in [4.69, 9.17) is 10.3 Å². The number of nitrogen functional groups attached to an aromatic ring is 1. The van der Waals surface area contributed by atoms with Crippen molar-refractivity contribution in [3.63, 3.8) is 0 Å². The van der Waals surface area contributed by atoms with Crippen LogP contribution in [-0.2, 0) is 6.42 Å². The molecule has 0 unspecified atom stereocenters. The van der Waals surface area contributed by atoms with Gasteiger partial charge in [-0.25, -0.2) is 4.39 Å². The van der Waals surface area contributed by atoms with Gasteiger partial charge in [0.05, 0.1) is 11.3 Å². The molecule has 0 amide bonds. The van der Waals surface area contributed by atoms with Gasteiger partial charge in [-0.1, -0.05) is 39.3 Å². The molecule has 0 fully saturated rings. The first-order valence-electron chi connectivity index (χ1n) is 6.25. The Morgan fingerprint density at radius 3 is 2.81 bits per heavy atom. The van der Waals surface area contributed by atoms with Crippen molar-refractivity contribution in [3.05, 3.63) is 64.1 Å². The molecule has 0 aliphatic carbocycles. The number of hydrogen-bond donors (Lipinski definition) is 1. The maximum absolute atomic E-state index is 13.4. The number of nitrogens with two attached hydrogens (primary N) is 1. The summed E-state index contributed by atoms with van der Waals surface area (Å²) in [6.07, 6.45) is 0.526. The second-order valence-corrected chi connectivity index (χ2v) is 5.44. The summed E-state index contributed by atoms with van der Waals surface area (Å²) in [4.78, 5) is 4.27. The molecule has 0 aliphatic heterocycles. The van der Waals surface area contributed by atoms with E-state index in [1.54, 1.807) is 12.1 Å². The van der Waals surface area contributed by atoms with Crippen LogP contribution in [0.4, 0.5) is 10.1 Å². The van der Waals surface area contributed by atoms with Crippen molar-refractivity contribution in [1.29, 1.82) is 0 Å². The standard InChI is InChI=1S/C15H11BrFN3O/c16-10-4-1-3-9(7-10)8-13-19-15(21-20-13)11-5-2-6-12(17)14(11)18/h1-7H,8,18H2. The van der Waals surface area contributed by atoms with Gasteiger partial charge in [-0.15, -0.1) is 0 Å². The largest absolute Gasteiger partial charge is 0.396 e. The van der Waals surface area contributed by atoms with Gasteiger partial charge < -0.3 is 10.3 Å². The van der Waals surface area contributed by atoms with Gasteiger partial charge in [0.2, 0.25) is 0 Å². The van der Waals surface area contributed by atoms with Crippen LogP contribution in [0.5, 0.6) is 0 Å². The van der Waals surface area contributed by atoms with Gasteiger partial charge in [0.1, 0.15) is 5.82 Å². The van der Waals surface area contributed by atoms with Crippen molar-refractivity contribution in [3.8, 4) is 11.5 Å². The monoisotopic (exact) mass is 347 g/mol. The summed E-state index contributed by atoms with van der Waals surface area (Å²) in [5.41, 5.74) is 7.15. The average Bonchev–Trinajstić information content (AvgIpc) is 2.90. The van der Waals surface area contributed by atoms with Gasteiger partial charge in [0, 0.05) is 10.9 Å². The SMILES string of the molecule is Nc1c(F)cccc1-c1nc(Cc2cccc(Br)c2)no1. The van der Waals surface area contributed by atoms with E-state index >= 15 is 0 Å². The smallest absolute Gasteiger partial charge is 0.260 e. The summed E-state index contributed by atoms with van der Waals surface area (Å²) in [7, 11) is 0. The number of hydrogen-bond acceptors (Lipinski definition) is 4. The maximum atomic E-state index is 13.4. The van der Waals surface area contributed by atoms with E-state index in [9.17, 15) is 4.39 Å². The zero-order valence-electron chi connectivity index (χ0n) is 10.9. The lowest BCUT2D eigenvalue weighted by molar-refractivity contribution is 0.424. The zero-order chi connectivity index (χ0) is 14.8. The highest BCUT2D eigenvalue weighted by molar-refractivity contribution is 9.10. The summed E-state index contributed by atoms with van der Waals surface area (Å²) < 4.78 is 19.6. The number of para-hydroxylation sites is 1. The van der Waals surface area contributed by atoms with Crippen LogP contribution in [0.25, 0.3) is 11.5 Å². The molecule has 0 atom stereocenters. The van der Waals surface area contributed by atoms with Gasteiger partial charge in [-0.05, 0) is 29.8 Å². The Balaban J connectivity index is 1.88. The molecule has 0 radical (unpaired) electrons. The van der Waals surface area contributed by atoms with Crippen molar-refractivity contribution in [2.24, 2.45) is 0 Å². The first-order chi connectivity index (χ1) is 10.1. The minimum absolute atomic E-state index is 0.00940. The summed E-state index contributed by atoms with van der Waals surface area (Å²) in [6, 6.07) is 12.3. The Bertz CT molecular complexity index is 788. The molecule has 3 rings (SSSR count). The summed E-state index contributed by atoms with van der Waals surface area (Å²) >= 11 is 3.41. The quantitative estimate of drug-likeness (QED) is 0.731. The molecule has 4 nitrogen and oxygen atoms in total. The van der Waals surface area contributed by atoms with Crippen molar-refractivity contribution < 1.29 is 8.91 Å². The highest BCUT2D eigenvalue weighted by atomic mass is 79.9. The molecule has 2 aromatic carbocycles. The van der Waals surface area contributed by atoms with Crippen LogP contribution in [0.2, 0.25) is 0 Å². The van der Waals surface area contributed by atoms with Gasteiger partial charge in [0.15, 0.2) is 5.82 Å². The van der Waals surface area contributed by atoms with Crippen molar-refractivity contribution >= 4 is 21.6 Å². The molecule has 1 aromatic heterocycles. The molecule has 0 spiro atoms. The maximum Gasteiger partial charge on any atom is 0.260 e. The van der Waals surface area contributed by atoms with Gasteiger partial charge in [0.25, 0.3) is 5.89 Å².